The lowest BCUT2D eigenvalue weighted by Crippen LogP contribution is -2.36. The van der Waals surface area contributed by atoms with E-state index in [2.05, 4.69) is 27.9 Å². The summed E-state index contributed by atoms with van der Waals surface area (Å²) >= 11 is 0. The second-order valence-corrected chi connectivity index (χ2v) is 7.68. The molecule has 0 N–H and O–H groups in total. The minimum Gasteiger partial charge on any atom is -0.472 e. The molecule has 2 aliphatic heterocycles. The van der Waals surface area contributed by atoms with Gasteiger partial charge in [-0.25, -0.2) is 0 Å². The van der Waals surface area contributed by atoms with Gasteiger partial charge < -0.3 is 14.1 Å². The van der Waals surface area contributed by atoms with Crippen molar-refractivity contribution in [3.8, 4) is 0 Å². The quantitative estimate of drug-likeness (QED) is 0.808. The SMILES string of the molecule is CN1C[C@@H](COCc2ccccn2)[C@@]2(CCN(Cc3ccoc3)C2)C1. The van der Waals surface area contributed by atoms with Crippen molar-refractivity contribution in [2.45, 2.75) is 19.6 Å². The molecule has 0 aromatic carbocycles. The predicted octanol–water partition coefficient (Wildman–Crippen LogP) is 2.65. The first-order valence-electron chi connectivity index (χ1n) is 9.13. The summed E-state index contributed by atoms with van der Waals surface area (Å²) in [5, 5.41) is 0. The van der Waals surface area contributed by atoms with Crippen LogP contribution in [0.5, 0.6) is 0 Å². The number of hydrogen-bond donors (Lipinski definition) is 0. The van der Waals surface area contributed by atoms with Crippen LogP contribution in [0.25, 0.3) is 0 Å². The fourth-order valence-corrected chi connectivity index (χ4v) is 4.54. The number of pyridine rings is 1. The minimum absolute atomic E-state index is 0.364. The largest absolute Gasteiger partial charge is 0.472 e. The van der Waals surface area contributed by atoms with Gasteiger partial charge >= 0.3 is 0 Å². The fraction of sp³-hybridized carbons (Fsp3) is 0.550. The molecule has 0 unspecified atom stereocenters. The number of aromatic nitrogens is 1. The lowest BCUT2D eigenvalue weighted by molar-refractivity contribution is 0.0501. The lowest BCUT2D eigenvalue weighted by Gasteiger charge is -2.30. The highest BCUT2D eigenvalue weighted by Crippen LogP contribution is 2.43. The topological polar surface area (TPSA) is 41.7 Å². The molecule has 2 aromatic rings. The Kier molecular flexibility index (Phi) is 4.88. The van der Waals surface area contributed by atoms with Crippen LogP contribution < -0.4 is 0 Å². The lowest BCUT2D eigenvalue weighted by atomic mass is 9.77. The molecule has 0 radical (unpaired) electrons. The summed E-state index contributed by atoms with van der Waals surface area (Å²) in [5.74, 6) is 0.593. The number of hydrogen-bond acceptors (Lipinski definition) is 5. The third-order valence-corrected chi connectivity index (χ3v) is 5.73. The summed E-state index contributed by atoms with van der Waals surface area (Å²) in [7, 11) is 2.24. The zero-order valence-electron chi connectivity index (χ0n) is 14.9. The molecule has 2 saturated heterocycles. The Balaban J connectivity index is 1.34. The van der Waals surface area contributed by atoms with E-state index in [9.17, 15) is 0 Å². The molecule has 4 heterocycles. The highest BCUT2D eigenvalue weighted by Gasteiger charge is 2.49. The molecule has 5 heteroatoms. The number of likely N-dealkylation sites (tertiary alicyclic amines) is 2. The van der Waals surface area contributed by atoms with E-state index in [-0.39, 0.29) is 0 Å². The summed E-state index contributed by atoms with van der Waals surface area (Å²) in [4.78, 5) is 9.38. The van der Waals surface area contributed by atoms with E-state index in [4.69, 9.17) is 9.15 Å². The van der Waals surface area contributed by atoms with Gasteiger partial charge in [0.1, 0.15) is 0 Å². The van der Waals surface area contributed by atoms with Crippen LogP contribution in [0.1, 0.15) is 17.7 Å². The number of rotatable bonds is 6. The second-order valence-electron chi connectivity index (χ2n) is 7.68. The van der Waals surface area contributed by atoms with Gasteiger partial charge in [0.05, 0.1) is 31.4 Å². The first-order valence-corrected chi connectivity index (χ1v) is 9.13. The Morgan fingerprint density at radius 1 is 1.32 bits per heavy atom. The second kappa shape index (κ2) is 7.28. The van der Waals surface area contributed by atoms with Gasteiger partial charge in [-0.05, 0) is 38.2 Å². The molecule has 0 amide bonds. The highest BCUT2D eigenvalue weighted by molar-refractivity contribution is 5.08. The van der Waals surface area contributed by atoms with Crippen molar-refractivity contribution in [1.29, 1.82) is 0 Å². The average molecular weight is 341 g/mol. The molecule has 2 atom stereocenters. The van der Waals surface area contributed by atoms with E-state index < -0.39 is 0 Å². The van der Waals surface area contributed by atoms with Crippen LogP contribution in [0.4, 0.5) is 0 Å². The molecule has 134 valence electrons. The molecular weight excluding hydrogens is 314 g/mol. The van der Waals surface area contributed by atoms with Gasteiger partial charge in [-0.15, -0.1) is 0 Å². The van der Waals surface area contributed by atoms with Gasteiger partial charge in [0.2, 0.25) is 0 Å². The van der Waals surface area contributed by atoms with Crippen molar-refractivity contribution in [3.63, 3.8) is 0 Å². The zero-order valence-corrected chi connectivity index (χ0v) is 14.9. The summed E-state index contributed by atoms with van der Waals surface area (Å²) in [6.45, 7) is 7.03. The van der Waals surface area contributed by atoms with Crippen molar-refractivity contribution in [3.05, 3.63) is 54.2 Å². The van der Waals surface area contributed by atoms with E-state index in [1.165, 1.54) is 18.5 Å². The minimum atomic E-state index is 0.364. The highest BCUT2D eigenvalue weighted by atomic mass is 16.5. The Morgan fingerprint density at radius 2 is 2.28 bits per heavy atom. The first kappa shape index (κ1) is 16.8. The van der Waals surface area contributed by atoms with Gasteiger partial charge in [0.25, 0.3) is 0 Å². The zero-order chi connectivity index (χ0) is 17.1. The van der Waals surface area contributed by atoms with E-state index in [1.54, 1.807) is 6.26 Å². The van der Waals surface area contributed by atoms with Gasteiger partial charge in [-0.1, -0.05) is 6.07 Å². The molecule has 2 fully saturated rings. The Labute approximate surface area is 149 Å². The van der Waals surface area contributed by atoms with E-state index in [0.717, 1.165) is 38.5 Å². The smallest absolute Gasteiger partial charge is 0.0947 e. The molecule has 25 heavy (non-hydrogen) atoms. The Bertz CT molecular complexity index is 661. The van der Waals surface area contributed by atoms with Crippen LogP contribution in [0, 0.1) is 11.3 Å². The van der Waals surface area contributed by atoms with Crippen molar-refractivity contribution < 1.29 is 9.15 Å². The standard InChI is InChI=1S/C20H27N3O2/c1-22-11-18(13-25-14-19-4-2-3-7-21-19)20(15-22)6-8-23(16-20)10-17-5-9-24-12-17/h2-5,7,9,12,18H,6,8,10-11,13-16H2,1H3/t18-,20-/m0/s1. The van der Waals surface area contributed by atoms with Crippen LogP contribution in [0.3, 0.4) is 0 Å². The molecule has 2 aliphatic rings. The van der Waals surface area contributed by atoms with Crippen molar-refractivity contribution in [2.24, 2.45) is 11.3 Å². The van der Waals surface area contributed by atoms with Gasteiger partial charge in [0, 0.05) is 49.3 Å². The van der Waals surface area contributed by atoms with Crippen LogP contribution in [-0.2, 0) is 17.9 Å². The Morgan fingerprint density at radius 3 is 3.08 bits per heavy atom. The number of nitrogens with zero attached hydrogens (tertiary/aromatic N) is 3. The summed E-state index contributed by atoms with van der Waals surface area (Å²) in [5.41, 5.74) is 2.64. The van der Waals surface area contributed by atoms with E-state index >= 15 is 0 Å². The molecule has 4 rings (SSSR count). The monoisotopic (exact) mass is 341 g/mol. The maximum Gasteiger partial charge on any atom is 0.0947 e. The molecule has 2 aromatic heterocycles. The molecule has 0 aliphatic carbocycles. The van der Waals surface area contributed by atoms with Crippen molar-refractivity contribution in [2.75, 3.05) is 39.8 Å². The average Bonchev–Trinajstić information content (AvgIpc) is 3.32. The molecular formula is C20H27N3O2. The fourth-order valence-electron chi connectivity index (χ4n) is 4.54. The van der Waals surface area contributed by atoms with E-state index in [1.807, 2.05) is 30.7 Å². The molecule has 0 bridgehead atoms. The van der Waals surface area contributed by atoms with Crippen LogP contribution in [-0.4, -0.2) is 54.6 Å². The summed E-state index contributed by atoms with van der Waals surface area (Å²) in [6, 6.07) is 8.05. The number of furan rings is 1. The van der Waals surface area contributed by atoms with Crippen LogP contribution in [0.2, 0.25) is 0 Å². The van der Waals surface area contributed by atoms with Gasteiger partial charge in [-0.3, -0.25) is 9.88 Å². The third-order valence-electron chi connectivity index (χ3n) is 5.73. The first-order chi connectivity index (χ1) is 12.2. The van der Waals surface area contributed by atoms with Crippen LogP contribution in [0.15, 0.2) is 47.4 Å². The maximum absolute atomic E-state index is 6.06. The predicted molar refractivity (Wildman–Crippen MR) is 95.9 cm³/mol. The van der Waals surface area contributed by atoms with Crippen molar-refractivity contribution >= 4 is 0 Å². The number of ether oxygens (including phenoxy) is 1. The molecule has 5 nitrogen and oxygen atoms in total. The molecule has 0 saturated carbocycles. The van der Waals surface area contributed by atoms with E-state index in [0.29, 0.717) is 17.9 Å². The molecule has 1 spiro atoms. The Hall–Kier alpha value is -1.69. The van der Waals surface area contributed by atoms with Crippen molar-refractivity contribution in [1.82, 2.24) is 14.8 Å². The van der Waals surface area contributed by atoms with Crippen LogP contribution >= 0.6 is 0 Å². The van der Waals surface area contributed by atoms with Gasteiger partial charge in [-0.2, -0.15) is 0 Å². The summed E-state index contributed by atoms with van der Waals surface area (Å²) < 4.78 is 11.3. The third kappa shape index (κ3) is 3.78. The van der Waals surface area contributed by atoms with Gasteiger partial charge in [0.15, 0.2) is 0 Å². The maximum atomic E-state index is 6.06. The normalized spacial score (nSPS) is 27.5. The summed E-state index contributed by atoms with van der Waals surface area (Å²) in [6.07, 6.45) is 6.71.